The van der Waals surface area contributed by atoms with Gasteiger partial charge in [-0.25, -0.2) is 0 Å². The van der Waals surface area contributed by atoms with Crippen LogP contribution in [0.5, 0.6) is 0 Å². The highest BCUT2D eigenvalue weighted by atomic mass is 32.2. The fourth-order valence-corrected chi connectivity index (χ4v) is 8.47. The van der Waals surface area contributed by atoms with Crippen molar-refractivity contribution in [3.8, 4) is 0 Å². The van der Waals surface area contributed by atoms with E-state index in [0.717, 1.165) is 47.0 Å². The van der Waals surface area contributed by atoms with Gasteiger partial charge in [0.2, 0.25) is 0 Å². The molecule has 0 aromatic carbocycles. The van der Waals surface area contributed by atoms with Gasteiger partial charge in [-0.05, 0) is 86.4 Å². The molecule has 0 amide bonds. The number of thioether (sulfide) groups is 1. The molecule has 25 heavy (non-hydrogen) atoms. The molecule has 0 bridgehead atoms. The second-order valence-corrected chi connectivity index (χ2v) is 12.1. The van der Waals surface area contributed by atoms with E-state index in [1.54, 1.807) is 25.7 Å². The Morgan fingerprint density at radius 3 is 2.12 bits per heavy atom. The van der Waals surface area contributed by atoms with Gasteiger partial charge in [0.1, 0.15) is 0 Å². The zero-order chi connectivity index (χ0) is 17.2. The minimum Gasteiger partial charge on any atom is -0.284 e. The molecular formula is C23H39NS. The molecule has 0 aromatic heterocycles. The van der Waals surface area contributed by atoms with Gasteiger partial charge in [-0.3, -0.25) is 4.90 Å². The minimum absolute atomic E-state index is 0.633. The SMILES string of the molecule is CC(C)C1(C)CC2CCC3C4CCCCC4N(C4CS4)C3CCC2C1. The summed E-state index contributed by atoms with van der Waals surface area (Å²) in [7, 11) is 0. The summed E-state index contributed by atoms with van der Waals surface area (Å²) in [5.41, 5.74) is 0.633. The average molecular weight is 362 g/mol. The summed E-state index contributed by atoms with van der Waals surface area (Å²) in [5.74, 6) is 6.52. The molecule has 0 spiro atoms. The van der Waals surface area contributed by atoms with Crippen LogP contribution in [0.2, 0.25) is 0 Å². The molecular weight excluding hydrogens is 322 g/mol. The molecule has 5 fully saturated rings. The maximum absolute atomic E-state index is 3.09. The summed E-state index contributed by atoms with van der Waals surface area (Å²) in [5, 5.41) is 0.917. The van der Waals surface area contributed by atoms with Crippen LogP contribution in [0.3, 0.4) is 0 Å². The van der Waals surface area contributed by atoms with E-state index in [4.69, 9.17) is 0 Å². The molecule has 8 atom stereocenters. The van der Waals surface area contributed by atoms with E-state index >= 15 is 0 Å². The third kappa shape index (κ3) is 2.93. The van der Waals surface area contributed by atoms with Gasteiger partial charge in [-0.15, -0.1) is 11.8 Å². The van der Waals surface area contributed by atoms with E-state index in [9.17, 15) is 0 Å². The maximum Gasteiger partial charge on any atom is 0.0655 e. The predicted octanol–water partition coefficient (Wildman–Crippen LogP) is 6.18. The van der Waals surface area contributed by atoms with Gasteiger partial charge >= 0.3 is 0 Å². The lowest BCUT2D eigenvalue weighted by Gasteiger charge is -2.34. The molecule has 5 rings (SSSR count). The molecule has 3 saturated carbocycles. The van der Waals surface area contributed by atoms with Gasteiger partial charge in [-0.2, -0.15) is 0 Å². The van der Waals surface area contributed by atoms with Crippen LogP contribution >= 0.6 is 11.8 Å². The summed E-state index contributed by atoms with van der Waals surface area (Å²) in [6, 6.07) is 1.93. The smallest absolute Gasteiger partial charge is 0.0655 e. The molecule has 2 aliphatic heterocycles. The first-order chi connectivity index (χ1) is 12.1. The van der Waals surface area contributed by atoms with E-state index in [1.165, 1.54) is 44.3 Å². The van der Waals surface area contributed by atoms with Crippen molar-refractivity contribution in [3.63, 3.8) is 0 Å². The van der Waals surface area contributed by atoms with Crippen LogP contribution in [-0.2, 0) is 0 Å². The van der Waals surface area contributed by atoms with Crippen LogP contribution in [0.4, 0.5) is 0 Å². The minimum atomic E-state index is 0.633. The van der Waals surface area contributed by atoms with Gasteiger partial charge in [-0.1, -0.05) is 33.6 Å². The van der Waals surface area contributed by atoms with Crippen molar-refractivity contribution in [2.45, 2.75) is 102 Å². The van der Waals surface area contributed by atoms with Crippen LogP contribution in [0.15, 0.2) is 0 Å². The molecule has 0 N–H and O–H groups in total. The topological polar surface area (TPSA) is 3.24 Å². The fourth-order valence-electron chi connectivity index (χ4n) is 7.73. The number of hydrogen-bond acceptors (Lipinski definition) is 2. The highest BCUT2D eigenvalue weighted by molar-refractivity contribution is 8.06. The average Bonchev–Trinajstić information content (AvgIpc) is 3.30. The largest absolute Gasteiger partial charge is 0.284 e. The standard InChI is InChI=1S/C23H39NS/c1-15(2)23(3)12-16-8-10-19-18-6-4-5-7-20(18)24(22-14-25-22)21(19)11-9-17(16)13-23/h15-22H,4-14H2,1-3H3. The van der Waals surface area contributed by atoms with E-state index in [1.807, 2.05) is 0 Å². The van der Waals surface area contributed by atoms with Gasteiger partial charge in [0, 0.05) is 17.8 Å². The lowest BCUT2D eigenvalue weighted by molar-refractivity contribution is 0.137. The van der Waals surface area contributed by atoms with Crippen LogP contribution < -0.4 is 0 Å². The summed E-state index contributed by atoms with van der Waals surface area (Å²) in [6.45, 7) is 7.56. The van der Waals surface area contributed by atoms with Crippen molar-refractivity contribution in [2.24, 2.45) is 35.0 Å². The Morgan fingerprint density at radius 1 is 0.840 bits per heavy atom. The van der Waals surface area contributed by atoms with E-state index in [2.05, 4.69) is 37.4 Å². The van der Waals surface area contributed by atoms with E-state index < -0.39 is 0 Å². The van der Waals surface area contributed by atoms with Gasteiger partial charge in [0.05, 0.1) is 5.37 Å². The monoisotopic (exact) mass is 361 g/mol. The summed E-state index contributed by atoms with van der Waals surface area (Å²) in [4.78, 5) is 3.09. The molecule has 5 aliphatic rings. The van der Waals surface area contributed by atoms with Gasteiger partial charge in [0.25, 0.3) is 0 Å². The third-order valence-corrected chi connectivity index (χ3v) is 10.3. The van der Waals surface area contributed by atoms with Gasteiger partial charge in [0.15, 0.2) is 0 Å². The first-order valence-electron chi connectivity index (χ1n) is 11.5. The van der Waals surface area contributed by atoms with Crippen molar-refractivity contribution in [1.29, 1.82) is 0 Å². The molecule has 1 nitrogen and oxygen atoms in total. The number of rotatable bonds is 2. The zero-order valence-corrected chi connectivity index (χ0v) is 17.6. The predicted molar refractivity (Wildman–Crippen MR) is 109 cm³/mol. The first kappa shape index (κ1) is 17.4. The lowest BCUT2D eigenvalue weighted by atomic mass is 9.72. The Morgan fingerprint density at radius 2 is 1.44 bits per heavy atom. The Hall–Kier alpha value is 0.310. The Bertz CT molecular complexity index is 500. The van der Waals surface area contributed by atoms with E-state index in [0.29, 0.717) is 5.41 Å². The number of fused-ring (bicyclic) bond motifs is 4. The molecule has 2 heterocycles. The van der Waals surface area contributed by atoms with Crippen LogP contribution in [0.1, 0.15) is 85.0 Å². The summed E-state index contributed by atoms with van der Waals surface area (Å²) >= 11 is 2.24. The molecule has 0 aromatic rings. The molecule has 3 aliphatic carbocycles. The number of nitrogens with zero attached hydrogens (tertiary/aromatic N) is 1. The second kappa shape index (κ2) is 6.43. The highest BCUT2D eigenvalue weighted by Crippen LogP contribution is 2.58. The first-order valence-corrected chi connectivity index (χ1v) is 12.5. The van der Waals surface area contributed by atoms with Crippen molar-refractivity contribution in [1.82, 2.24) is 4.90 Å². The molecule has 0 radical (unpaired) electrons. The van der Waals surface area contributed by atoms with Crippen LogP contribution in [0.25, 0.3) is 0 Å². The van der Waals surface area contributed by atoms with Crippen molar-refractivity contribution < 1.29 is 0 Å². The molecule has 142 valence electrons. The van der Waals surface area contributed by atoms with Crippen molar-refractivity contribution >= 4 is 11.8 Å². The van der Waals surface area contributed by atoms with E-state index in [-0.39, 0.29) is 0 Å². The number of likely N-dealkylation sites (tertiary alicyclic amines) is 1. The Kier molecular flexibility index (Phi) is 4.48. The van der Waals surface area contributed by atoms with Crippen molar-refractivity contribution in [3.05, 3.63) is 0 Å². The molecule has 8 unspecified atom stereocenters. The summed E-state index contributed by atoms with van der Waals surface area (Å²) < 4.78 is 0. The lowest BCUT2D eigenvalue weighted by Crippen LogP contribution is -2.41. The maximum atomic E-state index is 3.09. The highest BCUT2D eigenvalue weighted by Gasteiger charge is 2.55. The van der Waals surface area contributed by atoms with Crippen molar-refractivity contribution in [2.75, 3.05) is 5.75 Å². The zero-order valence-electron chi connectivity index (χ0n) is 16.8. The quantitative estimate of drug-likeness (QED) is 0.540. The van der Waals surface area contributed by atoms with Crippen LogP contribution in [0, 0.1) is 35.0 Å². The second-order valence-electron chi connectivity index (χ2n) is 10.9. The normalized spacial score (nSPS) is 53.0. The van der Waals surface area contributed by atoms with Crippen LogP contribution in [-0.4, -0.2) is 28.1 Å². The Labute approximate surface area is 160 Å². The Balaban J connectivity index is 1.36. The molecule has 2 saturated heterocycles. The van der Waals surface area contributed by atoms with Gasteiger partial charge < -0.3 is 0 Å². The fraction of sp³-hybridized carbons (Fsp3) is 1.00. The molecule has 2 heteroatoms. The summed E-state index contributed by atoms with van der Waals surface area (Å²) in [6.07, 6.45) is 15.4. The third-order valence-electron chi connectivity index (χ3n) is 9.46. The number of hydrogen-bond donors (Lipinski definition) is 0.